The zero-order valence-corrected chi connectivity index (χ0v) is 12.1. The van der Waals surface area contributed by atoms with Gasteiger partial charge in [-0.2, -0.15) is 4.37 Å². The monoisotopic (exact) mass is 269 g/mol. The van der Waals surface area contributed by atoms with Gasteiger partial charge in [-0.05, 0) is 25.2 Å². The maximum Gasteiger partial charge on any atom is 0.202 e. The Balaban J connectivity index is 1.82. The molecular formula is C13H23N3OS. The summed E-state index contributed by atoms with van der Waals surface area (Å²) in [6, 6.07) is 0.582. The second kappa shape index (κ2) is 7.04. The largest absolute Gasteiger partial charge is 0.384 e. The first-order chi connectivity index (χ1) is 8.78. The van der Waals surface area contributed by atoms with Crippen molar-refractivity contribution in [1.29, 1.82) is 0 Å². The van der Waals surface area contributed by atoms with Crippen LogP contribution < -0.4 is 5.32 Å². The van der Waals surface area contributed by atoms with E-state index in [2.05, 4.69) is 21.6 Å². The van der Waals surface area contributed by atoms with E-state index >= 15 is 0 Å². The predicted octanol–water partition coefficient (Wildman–Crippen LogP) is 3.11. The van der Waals surface area contributed by atoms with E-state index in [1.807, 2.05) is 0 Å². The Morgan fingerprint density at radius 2 is 2.22 bits per heavy atom. The van der Waals surface area contributed by atoms with Crippen LogP contribution in [-0.2, 0) is 11.2 Å². The lowest BCUT2D eigenvalue weighted by Gasteiger charge is -2.14. The second-order valence-electron chi connectivity index (χ2n) is 5.21. The van der Waals surface area contributed by atoms with Crippen molar-refractivity contribution >= 4 is 16.7 Å². The SMILES string of the molecule is COCCc1nsc(NC2CCCC(C)CC2)n1. The first kappa shape index (κ1) is 13.7. The van der Waals surface area contributed by atoms with Crippen molar-refractivity contribution in [2.45, 2.75) is 51.5 Å². The second-order valence-corrected chi connectivity index (χ2v) is 5.97. The molecule has 1 aromatic heterocycles. The first-order valence-corrected chi connectivity index (χ1v) is 7.63. The van der Waals surface area contributed by atoms with Crippen LogP contribution in [0.4, 0.5) is 5.13 Å². The molecule has 4 nitrogen and oxygen atoms in total. The standard InChI is InChI=1S/C13H23N3OS/c1-10-4-3-5-11(7-6-10)14-13-15-12(16-18-13)8-9-17-2/h10-11H,3-9H2,1-2H3,(H,14,15,16). The molecule has 5 heteroatoms. The summed E-state index contributed by atoms with van der Waals surface area (Å²) in [6.45, 7) is 3.05. The Kier molecular flexibility index (Phi) is 5.38. The van der Waals surface area contributed by atoms with Gasteiger partial charge in [0.05, 0.1) is 6.61 Å². The highest BCUT2D eigenvalue weighted by Crippen LogP contribution is 2.25. The average molecular weight is 269 g/mol. The smallest absolute Gasteiger partial charge is 0.202 e. The minimum absolute atomic E-state index is 0.582. The number of nitrogens with zero attached hydrogens (tertiary/aromatic N) is 2. The maximum absolute atomic E-state index is 5.04. The van der Waals surface area contributed by atoms with Crippen LogP contribution in [0, 0.1) is 5.92 Å². The molecule has 102 valence electrons. The molecule has 0 bridgehead atoms. The van der Waals surface area contributed by atoms with Gasteiger partial charge >= 0.3 is 0 Å². The average Bonchev–Trinajstić information content (AvgIpc) is 2.70. The van der Waals surface area contributed by atoms with E-state index in [4.69, 9.17) is 4.74 Å². The molecule has 2 atom stereocenters. The fourth-order valence-electron chi connectivity index (χ4n) is 2.41. The predicted molar refractivity (Wildman–Crippen MR) is 75.1 cm³/mol. The molecule has 1 aromatic rings. The van der Waals surface area contributed by atoms with Crippen molar-refractivity contribution in [1.82, 2.24) is 9.36 Å². The minimum Gasteiger partial charge on any atom is -0.384 e. The minimum atomic E-state index is 0.582. The van der Waals surface area contributed by atoms with Gasteiger partial charge in [0.25, 0.3) is 0 Å². The van der Waals surface area contributed by atoms with Gasteiger partial charge in [-0.15, -0.1) is 0 Å². The molecule has 2 rings (SSSR count). The Morgan fingerprint density at radius 3 is 3.06 bits per heavy atom. The highest BCUT2D eigenvalue weighted by atomic mass is 32.1. The Morgan fingerprint density at radius 1 is 1.33 bits per heavy atom. The molecular weight excluding hydrogens is 246 g/mol. The number of hydrogen-bond acceptors (Lipinski definition) is 5. The Labute approximate surface area is 113 Å². The van der Waals surface area contributed by atoms with Gasteiger partial charge in [0, 0.05) is 31.1 Å². The molecule has 1 aliphatic rings. The van der Waals surface area contributed by atoms with Crippen molar-refractivity contribution in [2.75, 3.05) is 19.0 Å². The summed E-state index contributed by atoms with van der Waals surface area (Å²) in [6.07, 6.45) is 7.34. The molecule has 0 radical (unpaired) electrons. The fourth-order valence-corrected chi connectivity index (χ4v) is 3.10. The van der Waals surface area contributed by atoms with E-state index in [0.717, 1.165) is 23.3 Å². The molecule has 1 fully saturated rings. The molecule has 18 heavy (non-hydrogen) atoms. The van der Waals surface area contributed by atoms with Gasteiger partial charge in [0.15, 0.2) is 0 Å². The molecule has 1 saturated carbocycles. The van der Waals surface area contributed by atoms with Gasteiger partial charge in [-0.1, -0.05) is 19.8 Å². The van der Waals surface area contributed by atoms with Crippen molar-refractivity contribution < 1.29 is 4.74 Å². The summed E-state index contributed by atoms with van der Waals surface area (Å²) in [5, 5.41) is 4.52. The van der Waals surface area contributed by atoms with E-state index in [0.29, 0.717) is 12.6 Å². The summed E-state index contributed by atoms with van der Waals surface area (Å²) in [4.78, 5) is 4.51. The van der Waals surface area contributed by atoms with Crippen LogP contribution in [0.25, 0.3) is 0 Å². The zero-order valence-electron chi connectivity index (χ0n) is 11.3. The van der Waals surface area contributed by atoms with E-state index in [1.165, 1.54) is 43.6 Å². The van der Waals surface area contributed by atoms with E-state index in [1.54, 1.807) is 7.11 Å². The summed E-state index contributed by atoms with van der Waals surface area (Å²) in [7, 11) is 1.71. The molecule has 0 amide bonds. The van der Waals surface area contributed by atoms with Crippen LogP contribution >= 0.6 is 11.5 Å². The lowest BCUT2D eigenvalue weighted by Crippen LogP contribution is -2.18. The zero-order chi connectivity index (χ0) is 12.8. The maximum atomic E-state index is 5.04. The number of ether oxygens (including phenoxy) is 1. The Hall–Kier alpha value is -0.680. The molecule has 0 spiro atoms. The first-order valence-electron chi connectivity index (χ1n) is 6.86. The van der Waals surface area contributed by atoms with Crippen molar-refractivity contribution in [3.63, 3.8) is 0 Å². The van der Waals surface area contributed by atoms with Gasteiger partial charge in [-0.25, -0.2) is 4.98 Å². The molecule has 2 unspecified atom stereocenters. The highest BCUT2D eigenvalue weighted by molar-refractivity contribution is 7.09. The normalized spacial score (nSPS) is 24.8. The van der Waals surface area contributed by atoms with E-state index in [9.17, 15) is 0 Å². The lowest BCUT2D eigenvalue weighted by molar-refractivity contribution is 0.201. The van der Waals surface area contributed by atoms with Crippen LogP contribution in [0.2, 0.25) is 0 Å². The van der Waals surface area contributed by atoms with E-state index in [-0.39, 0.29) is 0 Å². The molecule has 0 aromatic carbocycles. The number of hydrogen-bond donors (Lipinski definition) is 1. The highest BCUT2D eigenvalue weighted by Gasteiger charge is 2.17. The number of aromatic nitrogens is 2. The molecule has 0 aliphatic heterocycles. The quantitative estimate of drug-likeness (QED) is 0.834. The third-order valence-electron chi connectivity index (χ3n) is 3.58. The lowest BCUT2D eigenvalue weighted by atomic mass is 10.0. The number of anilines is 1. The van der Waals surface area contributed by atoms with Crippen molar-refractivity contribution in [3.8, 4) is 0 Å². The number of nitrogens with one attached hydrogen (secondary N) is 1. The van der Waals surface area contributed by atoms with Crippen molar-refractivity contribution in [2.24, 2.45) is 5.92 Å². The summed E-state index contributed by atoms with van der Waals surface area (Å²) in [5.74, 6) is 1.77. The molecule has 0 saturated heterocycles. The van der Waals surface area contributed by atoms with E-state index < -0.39 is 0 Å². The summed E-state index contributed by atoms with van der Waals surface area (Å²) >= 11 is 1.47. The third kappa shape index (κ3) is 4.21. The molecule has 1 aliphatic carbocycles. The topological polar surface area (TPSA) is 47.0 Å². The summed E-state index contributed by atoms with van der Waals surface area (Å²) in [5.41, 5.74) is 0. The van der Waals surface area contributed by atoms with Gasteiger partial charge in [-0.3, -0.25) is 0 Å². The van der Waals surface area contributed by atoms with Crippen LogP contribution in [-0.4, -0.2) is 29.1 Å². The van der Waals surface area contributed by atoms with Crippen LogP contribution in [0.15, 0.2) is 0 Å². The molecule has 1 heterocycles. The van der Waals surface area contributed by atoms with Crippen LogP contribution in [0.1, 0.15) is 44.9 Å². The number of rotatable bonds is 5. The third-order valence-corrected chi connectivity index (χ3v) is 4.27. The Bertz CT molecular complexity index is 356. The summed E-state index contributed by atoms with van der Waals surface area (Å²) < 4.78 is 9.38. The fraction of sp³-hybridized carbons (Fsp3) is 0.846. The van der Waals surface area contributed by atoms with Crippen LogP contribution in [0.5, 0.6) is 0 Å². The molecule has 1 N–H and O–H groups in total. The van der Waals surface area contributed by atoms with Crippen LogP contribution in [0.3, 0.4) is 0 Å². The van der Waals surface area contributed by atoms with Crippen molar-refractivity contribution in [3.05, 3.63) is 5.82 Å². The van der Waals surface area contributed by atoms with Gasteiger partial charge < -0.3 is 10.1 Å². The number of methoxy groups -OCH3 is 1. The van der Waals surface area contributed by atoms with Gasteiger partial charge in [0.1, 0.15) is 5.82 Å². The van der Waals surface area contributed by atoms with Gasteiger partial charge in [0.2, 0.25) is 5.13 Å².